The van der Waals surface area contributed by atoms with Crippen molar-refractivity contribution in [3.8, 4) is 5.75 Å². The molecule has 2 rings (SSSR count). The number of sulfonamides is 1. The van der Waals surface area contributed by atoms with Gasteiger partial charge in [-0.2, -0.15) is 0 Å². The summed E-state index contributed by atoms with van der Waals surface area (Å²) in [5.74, 6) is -0.172. The molecule has 6 nitrogen and oxygen atoms in total. The van der Waals surface area contributed by atoms with Crippen molar-refractivity contribution in [3.05, 3.63) is 47.5 Å². The summed E-state index contributed by atoms with van der Waals surface area (Å²) in [6, 6.07) is 10.9. The van der Waals surface area contributed by atoms with Gasteiger partial charge in [-0.25, -0.2) is 8.42 Å². The fourth-order valence-corrected chi connectivity index (χ4v) is 4.36. The molecule has 0 aliphatic carbocycles. The summed E-state index contributed by atoms with van der Waals surface area (Å²) in [7, 11) is -2.36. The highest BCUT2D eigenvalue weighted by molar-refractivity contribution is 7.98. The molecule has 0 heterocycles. The first-order valence-corrected chi connectivity index (χ1v) is 11.4. The Hall–Kier alpha value is -1.90. The van der Waals surface area contributed by atoms with Crippen LogP contribution in [0.25, 0.3) is 0 Å². The molecule has 0 bridgehead atoms. The number of nitrogens with zero attached hydrogens (tertiary/aromatic N) is 1. The summed E-state index contributed by atoms with van der Waals surface area (Å²) in [5.41, 5.74) is 0.790. The van der Waals surface area contributed by atoms with Crippen LogP contribution in [-0.2, 0) is 14.8 Å². The predicted octanol–water partition coefficient (Wildman–Crippen LogP) is 3.86. The third kappa shape index (κ3) is 5.31. The molecule has 1 unspecified atom stereocenters. The Bertz CT molecular complexity index is 935. The molecule has 0 aromatic heterocycles. The minimum absolute atomic E-state index is 0.202. The van der Waals surface area contributed by atoms with Gasteiger partial charge in [-0.15, -0.1) is 11.8 Å². The molecule has 1 N–H and O–H groups in total. The van der Waals surface area contributed by atoms with Gasteiger partial charge in [0.1, 0.15) is 11.8 Å². The third-order valence-electron chi connectivity index (χ3n) is 3.80. The van der Waals surface area contributed by atoms with Crippen LogP contribution in [0, 0.1) is 0 Å². The first-order valence-electron chi connectivity index (χ1n) is 7.95. The van der Waals surface area contributed by atoms with Crippen molar-refractivity contribution in [2.24, 2.45) is 0 Å². The van der Waals surface area contributed by atoms with Gasteiger partial charge < -0.3 is 10.1 Å². The summed E-state index contributed by atoms with van der Waals surface area (Å²) < 4.78 is 31.2. The van der Waals surface area contributed by atoms with E-state index in [1.807, 2.05) is 24.5 Å². The predicted molar refractivity (Wildman–Crippen MR) is 112 cm³/mol. The minimum Gasteiger partial charge on any atom is -0.495 e. The Morgan fingerprint density at radius 2 is 1.96 bits per heavy atom. The van der Waals surface area contributed by atoms with Crippen LogP contribution in [0.5, 0.6) is 5.75 Å². The summed E-state index contributed by atoms with van der Waals surface area (Å²) in [6.07, 6.45) is 2.96. The highest BCUT2D eigenvalue weighted by Gasteiger charge is 2.31. The van der Waals surface area contributed by atoms with E-state index in [1.54, 1.807) is 30.0 Å². The number of anilines is 2. The molecular formula is C18H21ClN2O4S2. The van der Waals surface area contributed by atoms with Crippen molar-refractivity contribution < 1.29 is 17.9 Å². The average Bonchev–Trinajstić information content (AvgIpc) is 2.61. The van der Waals surface area contributed by atoms with Crippen molar-refractivity contribution in [3.63, 3.8) is 0 Å². The van der Waals surface area contributed by atoms with Crippen LogP contribution in [-0.4, -0.2) is 40.0 Å². The molecular weight excluding hydrogens is 408 g/mol. The van der Waals surface area contributed by atoms with E-state index >= 15 is 0 Å². The van der Waals surface area contributed by atoms with Crippen molar-refractivity contribution in [2.45, 2.75) is 17.9 Å². The molecule has 9 heteroatoms. The second-order valence-electron chi connectivity index (χ2n) is 5.77. The van der Waals surface area contributed by atoms with Gasteiger partial charge >= 0.3 is 0 Å². The van der Waals surface area contributed by atoms with Crippen molar-refractivity contribution >= 4 is 50.7 Å². The lowest BCUT2D eigenvalue weighted by atomic mass is 10.2. The maximum atomic E-state index is 12.8. The van der Waals surface area contributed by atoms with Crippen molar-refractivity contribution in [1.82, 2.24) is 0 Å². The molecule has 27 heavy (non-hydrogen) atoms. The smallest absolute Gasteiger partial charge is 0.247 e. The van der Waals surface area contributed by atoms with Gasteiger partial charge in [0.25, 0.3) is 0 Å². The van der Waals surface area contributed by atoms with Gasteiger partial charge in [0.15, 0.2) is 0 Å². The fourth-order valence-electron chi connectivity index (χ4n) is 2.56. The van der Waals surface area contributed by atoms with Crippen molar-refractivity contribution in [1.29, 1.82) is 0 Å². The molecule has 0 fully saturated rings. The molecule has 0 radical (unpaired) electrons. The molecule has 0 aliphatic rings. The minimum atomic E-state index is -3.79. The number of nitrogens with one attached hydrogen (secondary N) is 1. The van der Waals surface area contributed by atoms with Crippen LogP contribution >= 0.6 is 23.4 Å². The zero-order chi connectivity index (χ0) is 20.2. The van der Waals surface area contributed by atoms with Gasteiger partial charge in [0.2, 0.25) is 15.9 Å². The Labute approximate surface area is 168 Å². The third-order valence-corrected chi connectivity index (χ3v) is 5.99. The van der Waals surface area contributed by atoms with Crippen LogP contribution < -0.4 is 14.4 Å². The lowest BCUT2D eigenvalue weighted by Crippen LogP contribution is -2.45. The molecule has 0 saturated heterocycles. The molecule has 0 aliphatic heterocycles. The lowest BCUT2D eigenvalue weighted by molar-refractivity contribution is -0.116. The summed E-state index contributed by atoms with van der Waals surface area (Å²) in [6.45, 7) is 1.51. The second kappa shape index (κ2) is 8.86. The van der Waals surface area contributed by atoms with Crippen LogP contribution in [0.4, 0.5) is 11.4 Å². The first-order chi connectivity index (χ1) is 12.7. The Kier molecular flexibility index (Phi) is 7.02. The second-order valence-corrected chi connectivity index (χ2v) is 8.95. The maximum Gasteiger partial charge on any atom is 0.247 e. The normalized spacial score (nSPS) is 12.3. The number of methoxy groups -OCH3 is 1. The van der Waals surface area contributed by atoms with Gasteiger partial charge in [-0.05, 0) is 49.6 Å². The molecule has 2 aromatic carbocycles. The molecule has 0 spiro atoms. The Balaban J connectivity index is 2.39. The number of benzene rings is 2. The summed E-state index contributed by atoms with van der Waals surface area (Å²) in [4.78, 5) is 13.7. The number of carbonyl (C=O) groups is 1. The molecule has 1 atom stereocenters. The highest BCUT2D eigenvalue weighted by atomic mass is 35.5. The zero-order valence-corrected chi connectivity index (χ0v) is 17.8. The number of rotatable bonds is 7. The monoisotopic (exact) mass is 428 g/mol. The summed E-state index contributed by atoms with van der Waals surface area (Å²) >= 11 is 7.58. The molecule has 1 amide bonds. The summed E-state index contributed by atoms with van der Waals surface area (Å²) in [5, 5.41) is 3.09. The van der Waals surface area contributed by atoms with E-state index in [0.717, 1.165) is 15.5 Å². The Morgan fingerprint density at radius 3 is 2.56 bits per heavy atom. The SMILES string of the molecule is COc1ccc(Cl)cc1N(C(C)C(=O)Nc1cccc(SC)c1)S(C)(=O)=O. The van der Waals surface area contributed by atoms with E-state index in [0.29, 0.717) is 16.5 Å². The maximum absolute atomic E-state index is 12.8. The van der Waals surface area contributed by atoms with Gasteiger partial charge in [-0.1, -0.05) is 17.7 Å². The number of ether oxygens (including phenoxy) is 1. The first kappa shape index (κ1) is 21.4. The number of thioether (sulfide) groups is 1. The van der Waals surface area contributed by atoms with E-state index in [2.05, 4.69) is 5.32 Å². The van der Waals surface area contributed by atoms with Crippen LogP contribution in [0.3, 0.4) is 0 Å². The van der Waals surface area contributed by atoms with E-state index in [4.69, 9.17) is 16.3 Å². The number of carbonyl (C=O) groups excluding carboxylic acids is 1. The van der Waals surface area contributed by atoms with E-state index in [1.165, 1.54) is 20.1 Å². The zero-order valence-electron chi connectivity index (χ0n) is 15.4. The van der Waals surface area contributed by atoms with E-state index in [9.17, 15) is 13.2 Å². The van der Waals surface area contributed by atoms with Crippen LogP contribution in [0.15, 0.2) is 47.4 Å². The largest absolute Gasteiger partial charge is 0.495 e. The molecule has 146 valence electrons. The number of hydrogen-bond acceptors (Lipinski definition) is 5. The van der Waals surface area contributed by atoms with Gasteiger partial charge in [-0.3, -0.25) is 9.10 Å². The number of hydrogen-bond donors (Lipinski definition) is 1. The molecule has 2 aromatic rings. The topological polar surface area (TPSA) is 75.7 Å². The van der Waals surface area contributed by atoms with Crippen LogP contribution in [0.1, 0.15) is 6.92 Å². The van der Waals surface area contributed by atoms with E-state index < -0.39 is 22.0 Å². The number of halogens is 1. The van der Waals surface area contributed by atoms with Crippen LogP contribution in [0.2, 0.25) is 5.02 Å². The van der Waals surface area contributed by atoms with Gasteiger partial charge in [0, 0.05) is 15.6 Å². The molecule has 0 saturated carbocycles. The fraction of sp³-hybridized carbons (Fsp3) is 0.278. The standard InChI is InChI=1S/C18H21ClN2O4S2/c1-12(18(22)20-14-6-5-7-15(11-14)26-3)21(27(4,23)24)16-10-13(19)8-9-17(16)25-2/h5-12H,1-4H3,(H,20,22). The highest BCUT2D eigenvalue weighted by Crippen LogP contribution is 2.34. The lowest BCUT2D eigenvalue weighted by Gasteiger charge is -2.29. The Morgan fingerprint density at radius 1 is 1.26 bits per heavy atom. The van der Waals surface area contributed by atoms with Gasteiger partial charge in [0.05, 0.1) is 19.1 Å². The van der Waals surface area contributed by atoms with E-state index in [-0.39, 0.29) is 5.69 Å². The van der Waals surface area contributed by atoms with Crippen molar-refractivity contribution in [2.75, 3.05) is 29.2 Å². The number of amides is 1. The average molecular weight is 429 g/mol. The quantitative estimate of drug-likeness (QED) is 0.677.